The predicted octanol–water partition coefficient (Wildman–Crippen LogP) is -0.0312. The van der Waals surface area contributed by atoms with Crippen molar-refractivity contribution in [3.05, 3.63) is 47.5 Å². The summed E-state index contributed by atoms with van der Waals surface area (Å²) in [6.45, 7) is -0.885. The van der Waals surface area contributed by atoms with Crippen molar-refractivity contribution in [1.29, 1.82) is 0 Å². The van der Waals surface area contributed by atoms with E-state index in [0.29, 0.717) is 11.1 Å². The van der Waals surface area contributed by atoms with Crippen LogP contribution in [0.25, 0.3) is 0 Å². The van der Waals surface area contributed by atoms with Crippen molar-refractivity contribution in [3.63, 3.8) is 0 Å². The van der Waals surface area contributed by atoms with Crippen LogP contribution in [0.2, 0.25) is 0 Å². The maximum Gasteiger partial charge on any atom is 0.187 e. The first-order chi connectivity index (χ1) is 18.2. The standard InChI is InChI=1S/C26H34O12/c1-34-18-5-3-12(7-16(18)29)24-14(9-27)15(11-36-24)25(13-4-6-19(35-2)17(30)8-13)38-26-23(33)22(32)21(31)20(10-28)37-26/h3-8,14-15,20-33H,9-11H2,1-2H3/t14-,15-,20+,21+,22-,23+,24-,25+,26-/m0/s1. The summed E-state index contributed by atoms with van der Waals surface area (Å²) in [6, 6.07) is 9.35. The molecule has 0 saturated carbocycles. The Hall–Kier alpha value is -2.68. The van der Waals surface area contributed by atoms with E-state index >= 15 is 0 Å². The molecule has 0 amide bonds. The molecule has 2 aliphatic rings. The van der Waals surface area contributed by atoms with E-state index in [4.69, 9.17) is 23.7 Å². The molecule has 2 saturated heterocycles. The van der Waals surface area contributed by atoms with Crippen LogP contribution in [0.3, 0.4) is 0 Å². The molecule has 0 radical (unpaired) electrons. The first-order valence-electron chi connectivity index (χ1n) is 12.2. The van der Waals surface area contributed by atoms with Gasteiger partial charge < -0.3 is 59.4 Å². The number of aromatic hydroxyl groups is 2. The number of ether oxygens (including phenoxy) is 5. The number of hydrogen-bond donors (Lipinski definition) is 7. The lowest BCUT2D eigenvalue weighted by atomic mass is 9.82. The monoisotopic (exact) mass is 538 g/mol. The highest BCUT2D eigenvalue weighted by atomic mass is 16.7. The zero-order valence-corrected chi connectivity index (χ0v) is 21.0. The van der Waals surface area contributed by atoms with Crippen LogP contribution in [-0.2, 0) is 14.2 Å². The van der Waals surface area contributed by atoms with Crippen molar-refractivity contribution >= 4 is 0 Å². The Bertz CT molecular complexity index is 1080. The summed E-state index contributed by atoms with van der Waals surface area (Å²) in [5, 5.41) is 71.7. The van der Waals surface area contributed by atoms with Crippen LogP contribution in [0.1, 0.15) is 23.3 Å². The average Bonchev–Trinajstić information content (AvgIpc) is 3.35. The topological polar surface area (TPSA) is 188 Å². The number of rotatable bonds is 9. The largest absolute Gasteiger partial charge is 0.504 e. The van der Waals surface area contributed by atoms with Gasteiger partial charge in [-0.2, -0.15) is 0 Å². The van der Waals surface area contributed by atoms with Crippen molar-refractivity contribution in [2.75, 3.05) is 34.0 Å². The fourth-order valence-corrected chi connectivity index (χ4v) is 5.09. The third kappa shape index (κ3) is 5.40. The van der Waals surface area contributed by atoms with Gasteiger partial charge in [-0.25, -0.2) is 0 Å². The number of aliphatic hydroxyl groups excluding tert-OH is 5. The van der Waals surface area contributed by atoms with Gasteiger partial charge in [-0.15, -0.1) is 0 Å². The summed E-state index contributed by atoms with van der Waals surface area (Å²) in [5.74, 6) is -0.905. The second-order valence-corrected chi connectivity index (χ2v) is 9.38. The average molecular weight is 539 g/mol. The molecule has 9 atom stereocenters. The van der Waals surface area contributed by atoms with E-state index in [-0.39, 0.29) is 36.2 Å². The maximum atomic E-state index is 10.6. The van der Waals surface area contributed by atoms with Gasteiger partial charge in [-0.1, -0.05) is 12.1 Å². The van der Waals surface area contributed by atoms with Crippen LogP contribution in [-0.4, -0.2) is 100 Å². The molecular formula is C26H34O12. The fraction of sp³-hybridized carbons (Fsp3) is 0.538. The molecule has 7 N–H and O–H groups in total. The molecule has 4 rings (SSSR count). The smallest absolute Gasteiger partial charge is 0.187 e. The molecule has 2 aliphatic heterocycles. The van der Waals surface area contributed by atoms with Gasteiger partial charge >= 0.3 is 0 Å². The molecule has 0 spiro atoms. The zero-order valence-electron chi connectivity index (χ0n) is 21.0. The molecule has 12 nitrogen and oxygen atoms in total. The van der Waals surface area contributed by atoms with E-state index in [2.05, 4.69) is 0 Å². The summed E-state index contributed by atoms with van der Waals surface area (Å²) < 4.78 is 28.0. The van der Waals surface area contributed by atoms with E-state index in [1.54, 1.807) is 18.2 Å². The number of methoxy groups -OCH3 is 2. The van der Waals surface area contributed by atoms with E-state index < -0.39 is 61.4 Å². The summed E-state index contributed by atoms with van der Waals surface area (Å²) in [7, 11) is 2.83. The first-order valence-corrected chi connectivity index (χ1v) is 12.2. The van der Waals surface area contributed by atoms with Gasteiger partial charge in [-0.05, 0) is 35.4 Å². The number of aliphatic hydroxyl groups is 5. The van der Waals surface area contributed by atoms with E-state index in [1.807, 2.05) is 0 Å². The maximum absolute atomic E-state index is 10.6. The lowest BCUT2D eigenvalue weighted by molar-refractivity contribution is -0.317. The lowest BCUT2D eigenvalue weighted by Crippen LogP contribution is -2.59. The highest BCUT2D eigenvalue weighted by Crippen LogP contribution is 2.48. The molecule has 0 aliphatic carbocycles. The van der Waals surface area contributed by atoms with Crippen LogP contribution in [0.4, 0.5) is 0 Å². The van der Waals surface area contributed by atoms with Gasteiger partial charge in [-0.3, -0.25) is 0 Å². The Morgan fingerprint density at radius 2 is 1.53 bits per heavy atom. The van der Waals surface area contributed by atoms with E-state index in [0.717, 1.165) is 0 Å². The summed E-state index contributed by atoms with van der Waals surface area (Å²) in [6.07, 6.45) is -9.14. The molecule has 2 aromatic carbocycles. The SMILES string of the molecule is COc1ccc([C@@H](O[C@@H]2O[C@H](CO)[C@@H](O)[C@H](O)[C@H]2O)[C@H]2CO[C@@H](c3ccc(OC)c(O)c3)[C@H]2CO)cc1O. The van der Waals surface area contributed by atoms with Crippen molar-refractivity contribution in [2.24, 2.45) is 11.8 Å². The normalized spacial score (nSPS) is 32.2. The molecule has 2 heterocycles. The molecule has 2 fully saturated rings. The van der Waals surface area contributed by atoms with Gasteiger partial charge in [0.2, 0.25) is 0 Å². The molecular weight excluding hydrogens is 504 g/mol. The Morgan fingerprint density at radius 3 is 2.11 bits per heavy atom. The number of phenolic OH excluding ortho intramolecular Hbond substituents is 2. The van der Waals surface area contributed by atoms with Crippen LogP contribution < -0.4 is 9.47 Å². The minimum atomic E-state index is -1.66. The predicted molar refractivity (Wildman–Crippen MR) is 130 cm³/mol. The summed E-state index contributed by atoms with van der Waals surface area (Å²) in [5.41, 5.74) is 1.03. The Kier molecular flexibility index (Phi) is 8.96. The van der Waals surface area contributed by atoms with Crippen molar-refractivity contribution < 1.29 is 59.4 Å². The minimum absolute atomic E-state index is 0.0809. The lowest BCUT2D eigenvalue weighted by Gasteiger charge is -2.42. The highest BCUT2D eigenvalue weighted by Gasteiger charge is 2.48. The van der Waals surface area contributed by atoms with Gasteiger partial charge in [0, 0.05) is 18.4 Å². The molecule has 210 valence electrons. The highest BCUT2D eigenvalue weighted by molar-refractivity contribution is 5.44. The quantitative estimate of drug-likeness (QED) is 0.226. The second-order valence-electron chi connectivity index (χ2n) is 9.38. The number of hydrogen-bond acceptors (Lipinski definition) is 12. The molecule has 2 aromatic rings. The van der Waals surface area contributed by atoms with E-state index in [1.165, 1.54) is 32.4 Å². The van der Waals surface area contributed by atoms with Gasteiger partial charge in [0.15, 0.2) is 29.3 Å². The molecule has 12 heteroatoms. The van der Waals surface area contributed by atoms with Gasteiger partial charge in [0.1, 0.15) is 24.4 Å². The van der Waals surface area contributed by atoms with Crippen LogP contribution >= 0.6 is 0 Å². The van der Waals surface area contributed by atoms with Crippen LogP contribution in [0.15, 0.2) is 36.4 Å². The fourth-order valence-electron chi connectivity index (χ4n) is 5.09. The zero-order chi connectivity index (χ0) is 27.6. The van der Waals surface area contributed by atoms with Crippen molar-refractivity contribution in [2.45, 2.75) is 42.9 Å². The molecule has 38 heavy (non-hydrogen) atoms. The van der Waals surface area contributed by atoms with Crippen LogP contribution in [0.5, 0.6) is 23.0 Å². The third-order valence-electron chi connectivity index (χ3n) is 7.20. The minimum Gasteiger partial charge on any atom is -0.504 e. The van der Waals surface area contributed by atoms with E-state index in [9.17, 15) is 35.7 Å². The molecule has 0 aromatic heterocycles. The summed E-state index contributed by atoms with van der Waals surface area (Å²) in [4.78, 5) is 0. The number of benzene rings is 2. The number of phenols is 2. The molecule has 0 unspecified atom stereocenters. The van der Waals surface area contributed by atoms with Crippen molar-refractivity contribution in [3.8, 4) is 23.0 Å². The van der Waals surface area contributed by atoms with Crippen LogP contribution in [0, 0.1) is 11.8 Å². The first kappa shape index (κ1) is 28.3. The third-order valence-corrected chi connectivity index (χ3v) is 7.20. The Morgan fingerprint density at radius 1 is 0.868 bits per heavy atom. The molecule has 0 bridgehead atoms. The Balaban J connectivity index is 1.68. The summed E-state index contributed by atoms with van der Waals surface area (Å²) >= 11 is 0. The van der Waals surface area contributed by atoms with Gasteiger partial charge in [0.05, 0.1) is 39.6 Å². The van der Waals surface area contributed by atoms with Crippen molar-refractivity contribution in [1.82, 2.24) is 0 Å². The van der Waals surface area contributed by atoms with Gasteiger partial charge in [0.25, 0.3) is 0 Å². The Labute approximate surface area is 219 Å². The second kappa shape index (κ2) is 12.0.